The fraction of sp³-hybridized carbons (Fsp3) is 0.684. The first-order valence-electron chi connectivity index (χ1n) is 9.71. The molecular formula is C19H29N3O3S. The zero-order valence-corrected chi connectivity index (χ0v) is 16.0. The summed E-state index contributed by atoms with van der Waals surface area (Å²) in [6, 6.07) is 8.97. The Bertz CT molecular complexity index is 691. The standard InChI is InChI=1S/C19H29N3O3S/c23-26(24,19-4-2-1-3-5-19)20-13-18-12-16-6-7-22(18)15-17(16)14-21-8-10-25-11-9-21/h1-5,16-18,20H,6-15H2/t16-,17-,18+/m0/s1. The highest BCUT2D eigenvalue weighted by Crippen LogP contribution is 2.36. The highest BCUT2D eigenvalue weighted by Gasteiger charge is 2.40. The molecule has 26 heavy (non-hydrogen) atoms. The van der Waals surface area contributed by atoms with E-state index in [4.69, 9.17) is 4.74 Å². The van der Waals surface area contributed by atoms with E-state index in [-0.39, 0.29) is 0 Å². The third kappa shape index (κ3) is 4.12. The second kappa shape index (κ2) is 7.94. The molecule has 4 fully saturated rings. The second-order valence-electron chi connectivity index (χ2n) is 7.77. The molecule has 5 rings (SSSR count). The van der Waals surface area contributed by atoms with E-state index in [1.54, 1.807) is 24.3 Å². The van der Waals surface area contributed by atoms with E-state index in [1.807, 2.05) is 6.07 Å². The predicted molar refractivity (Wildman–Crippen MR) is 100 cm³/mol. The average Bonchev–Trinajstić information content (AvgIpc) is 2.69. The lowest BCUT2D eigenvalue weighted by molar-refractivity contribution is -0.0285. The Morgan fingerprint density at radius 1 is 1.12 bits per heavy atom. The summed E-state index contributed by atoms with van der Waals surface area (Å²) in [5.74, 6) is 1.43. The van der Waals surface area contributed by atoms with Crippen molar-refractivity contribution in [2.24, 2.45) is 11.8 Å². The molecule has 0 aromatic heterocycles. The van der Waals surface area contributed by atoms with E-state index in [0.717, 1.165) is 52.4 Å². The number of nitrogens with one attached hydrogen (secondary N) is 1. The summed E-state index contributed by atoms with van der Waals surface area (Å²) in [5.41, 5.74) is 0. The van der Waals surface area contributed by atoms with Crippen LogP contribution in [0.3, 0.4) is 0 Å². The van der Waals surface area contributed by atoms with Crippen LogP contribution in [0.15, 0.2) is 35.2 Å². The van der Waals surface area contributed by atoms with Crippen LogP contribution in [-0.4, -0.2) is 76.7 Å². The lowest BCUT2D eigenvalue weighted by Gasteiger charge is -2.51. The minimum atomic E-state index is -3.41. The van der Waals surface area contributed by atoms with Crippen LogP contribution in [0, 0.1) is 11.8 Å². The van der Waals surface area contributed by atoms with Crippen molar-refractivity contribution >= 4 is 10.0 Å². The number of rotatable bonds is 6. The van der Waals surface area contributed by atoms with E-state index in [2.05, 4.69) is 14.5 Å². The predicted octanol–water partition coefficient (Wildman–Crippen LogP) is 1.01. The van der Waals surface area contributed by atoms with Crippen LogP contribution in [0.25, 0.3) is 0 Å². The summed E-state index contributed by atoms with van der Waals surface area (Å²) >= 11 is 0. The molecular weight excluding hydrogens is 350 g/mol. The van der Waals surface area contributed by atoms with Crippen LogP contribution in [0.5, 0.6) is 0 Å². The van der Waals surface area contributed by atoms with E-state index >= 15 is 0 Å². The smallest absolute Gasteiger partial charge is 0.240 e. The van der Waals surface area contributed by atoms with Gasteiger partial charge in [0.25, 0.3) is 0 Å². The second-order valence-corrected chi connectivity index (χ2v) is 9.54. The Labute approximate surface area is 156 Å². The van der Waals surface area contributed by atoms with Gasteiger partial charge in [0.1, 0.15) is 0 Å². The van der Waals surface area contributed by atoms with Crippen molar-refractivity contribution < 1.29 is 13.2 Å². The Hall–Kier alpha value is -0.990. The molecule has 4 saturated heterocycles. The molecule has 1 N–H and O–H groups in total. The van der Waals surface area contributed by atoms with Gasteiger partial charge in [-0.2, -0.15) is 0 Å². The van der Waals surface area contributed by atoms with E-state index in [0.29, 0.717) is 29.3 Å². The van der Waals surface area contributed by atoms with Crippen molar-refractivity contribution in [1.29, 1.82) is 0 Å². The summed E-state index contributed by atoms with van der Waals surface area (Å²) < 4.78 is 33.2. The molecule has 0 saturated carbocycles. The van der Waals surface area contributed by atoms with Crippen molar-refractivity contribution in [1.82, 2.24) is 14.5 Å². The summed E-state index contributed by atoms with van der Waals surface area (Å²) in [7, 11) is -3.41. The Kier molecular flexibility index (Phi) is 5.61. The van der Waals surface area contributed by atoms with Gasteiger partial charge in [0.2, 0.25) is 10.0 Å². The SMILES string of the molecule is O=S(=O)(NC[C@H]1C[C@@H]2CCN1C[C@@H]2CN1CCOCC1)c1ccccc1. The lowest BCUT2D eigenvalue weighted by Crippen LogP contribution is -2.58. The summed E-state index contributed by atoms with van der Waals surface area (Å²) in [6.45, 7) is 7.66. The van der Waals surface area contributed by atoms with Gasteiger partial charge in [-0.25, -0.2) is 13.1 Å². The van der Waals surface area contributed by atoms with Gasteiger partial charge in [-0.1, -0.05) is 18.2 Å². The molecule has 144 valence electrons. The quantitative estimate of drug-likeness (QED) is 0.799. The first-order valence-corrected chi connectivity index (χ1v) is 11.2. The molecule has 1 aromatic rings. The molecule has 4 aliphatic rings. The fourth-order valence-electron chi connectivity index (χ4n) is 4.67. The van der Waals surface area contributed by atoms with Gasteiger partial charge in [-0.15, -0.1) is 0 Å². The highest BCUT2D eigenvalue weighted by molar-refractivity contribution is 7.89. The maximum atomic E-state index is 12.5. The molecule has 4 atom stereocenters. The third-order valence-electron chi connectivity index (χ3n) is 6.17. The van der Waals surface area contributed by atoms with Crippen LogP contribution in [-0.2, 0) is 14.8 Å². The lowest BCUT2D eigenvalue weighted by atomic mass is 9.75. The average molecular weight is 380 g/mol. The molecule has 7 heteroatoms. The first kappa shape index (κ1) is 18.4. The van der Waals surface area contributed by atoms with Gasteiger partial charge in [-0.3, -0.25) is 9.80 Å². The third-order valence-corrected chi connectivity index (χ3v) is 7.61. The van der Waals surface area contributed by atoms with Crippen molar-refractivity contribution in [3.63, 3.8) is 0 Å². The van der Waals surface area contributed by atoms with Crippen molar-refractivity contribution in [2.75, 3.05) is 52.5 Å². The summed E-state index contributed by atoms with van der Waals surface area (Å²) in [6.07, 6.45) is 2.35. The molecule has 4 aliphatic heterocycles. The van der Waals surface area contributed by atoms with Crippen molar-refractivity contribution in [3.8, 4) is 0 Å². The molecule has 0 amide bonds. The van der Waals surface area contributed by atoms with Gasteiger partial charge in [0, 0.05) is 38.8 Å². The minimum Gasteiger partial charge on any atom is -0.379 e. The molecule has 0 aliphatic carbocycles. The number of fused-ring (bicyclic) bond motifs is 3. The van der Waals surface area contributed by atoms with E-state index in [1.165, 1.54) is 6.42 Å². The van der Waals surface area contributed by atoms with Gasteiger partial charge in [0.15, 0.2) is 0 Å². The number of hydrogen-bond donors (Lipinski definition) is 1. The molecule has 1 unspecified atom stereocenters. The maximum Gasteiger partial charge on any atom is 0.240 e. The Balaban J connectivity index is 1.32. The largest absolute Gasteiger partial charge is 0.379 e. The number of benzene rings is 1. The number of nitrogens with zero attached hydrogens (tertiary/aromatic N) is 2. The molecule has 2 bridgehead atoms. The topological polar surface area (TPSA) is 61.9 Å². The first-order chi connectivity index (χ1) is 12.6. The monoisotopic (exact) mass is 379 g/mol. The normalized spacial score (nSPS) is 32.6. The number of hydrogen-bond acceptors (Lipinski definition) is 5. The summed E-state index contributed by atoms with van der Waals surface area (Å²) in [5, 5.41) is 0. The number of sulfonamides is 1. The Morgan fingerprint density at radius 2 is 1.88 bits per heavy atom. The Morgan fingerprint density at radius 3 is 2.58 bits per heavy atom. The van der Waals surface area contributed by atoms with Crippen LogP contribution >= 0.6 is 0 Å². The van der Waals surface area contributed by atoms with Gasteiger partial charge in [0.05, 0.1) is 18.1 Å². The fourth-order valence-corrected chi connectivity index (χ4v) is 5.77. The molecule has 6 nitrogen and oxygen atoms in total. The molecule has 4 heterocycles. The molecule has 0 radical (unpaired) electrons. The molecule has 1 aromatic carbocycles. The van der Waals surface area contributed by atoms with E-state index in [9.17, 15) is 8.42 Å². The van der Waals surface area contributed by atoms with Crippen LogP contribution in [0.4, 0.5) is 0 Å². The van der Waals surface area contributed by atoms with Gasteiger partial charge >= 0.3 is 0 Å². The van der Waals surface area contributed by atoms with Crippen LogP contribution in [0.1, 0.15) is 12.8 Å². The number of ether oxygens (including phenoxy) is 1. The van der Waals surface area contributed by atoms with E-state index < -0.39 is 10.0 Å². The molecule has 0 spiro atoms. The highest BCUT2D eigenvalue weighted by atomic mass is 32.2. The minimum absolute atomic E-state index is 0.327. The van der Waals surface area contributed by atoms with Crippen LogP contribution in [0.2, 0.25) is 0 Å². The van der Waals surface area contributed by atoms with Gasteiger partial charge < -0.3 is 4.74 Å². The zero-order valence-electron chi connectivity index (χ0n) is 15.2. The number of morpholine rings is 1. The maximum absolute atomic E-state index is 12.5. The summed E-state index contributed by atoms with van der Waals surface area (Å²) in [4.78, 5) is 5.38. The zero-order chi connectivity index (χ0) is 18.0. The van der Waals surface area contributed by atoms with Crippen molar-refractivity contribution in [3.05, 3.63) is 30.3 Å². The van der Waals surface area contributed by atoms with Crippen molar-refractivity contribution in [2.45, 2.75) is 23.8 Å². The number of piperidine rings is 3. The van der Waals surface area contributed by atoms with Gasteiger partial charge in [-0.05, 0) is 43.4 Å². The van der Waals surface area contributed by atoms with Crippen LogP contribution < -0.4 is 4.72 Å².